The molecule has 8 heteroatoms. The average Bonchev–Trinajstić information content (AvgIpc) is 3.21. The number of rotatable bonds is 5. The number of ether oxygens (including phenoxy) is 1. The van der Waals surface area contributed by atoms with Crippen molar-refractivity contribution in [3.63, 3.8) is 0 Å². The molecule has 3 aromatic rings. The van der Waals surface area contributed by atoms with E-state index in [1.807, 2.05) is 26.0 Å². The molecule has 0 aliphatic heterocycles. The number of thiophene rings is 1. The Morgan fingerprint density at radius 2 is 1.94 bits per heavy atom. The lowest BCUT2D eigenvalue weighted by Crippen LogP contribution is -2.27. The minimum atomic E-state index is -0.599. The predicted molar refractivity (Wildman–Crippen MR) is 126 cm³/mol. The van der Waals surface area contributed by atoms with Crippen molar-refractivity contribution < 1.29 is 14.3 Å². The molecule has 0 atom stereocenters. The topological polar surface area (TPSA) is 90.3 Å². The molecular weight excluding hydrogens is 426 g/mol. The second kappa shape index (κ2) is 9.24. The highest BCUT2D eigenvalue weighted by molar-refractivity contribution is 7.16. The van der Waals surface area contributed by atoms with Crippen molar-refractivity contribution in [1.82, 2.24) is 9.78 Å². The normalized spacial score (nSPS) is 14.5. The van der Waals surface area contributed by atoms with Crippen molar-refractivity contribution in [3.05, 3.63) is 50.8 Å². The van der Waals surface area contributed by atoms with Crippen LogP contribution >= 0.6 is 11.3 Å². The van der Waals surface area contributed by atoms with Crippen LogP contribution in [0.25, 0.3) is 16.5 Å². The van der Waals surface area contributed by atoms with Crippen LogP contribution in [0.3, 0.4) is 0 Å². The zero-order valence-electron chi connectivity index (χ0n) is 18.6. The summed E-state index contributed by atoms with van der Waals surface area (Å²) in [5.41, 5.74) is 2.33. The fraction of sp³-hybridized carbons (Fsp3) is 0.417. The maximum atomic E-state index is 13.5. The minimum Gasteiger partial charge on any atom is -0.461 e. The van der Waals surface area contributed by atoms with E-state index in [1.165, 1.54) is 16.0 Å². The fourth-order valence-electron chi connectivity index (χ4n) is 4.10. The summed E-state index contributed by atoms with van der Waals surface area (Å²) in [6.07, 6.45) is 4.95. The van der Waals surface area contributed by atoms with Gasteiger partial charge in [0.15, 0.2) is 5.69 Å². The van der Waals surface area contributed by atoms with E-state index in [1.54, 1.807) is 18.4 Å². The third-order valence-corrected chi connectivity index (χ3v) is 6.96. The molecule has 0 radical (unpaired) electrons. The number of hydrogen-bond donors (Lipinski definition) is 1. The number of carbonyl (C=O) groups is 2. The van der Waals surface area contributed by atoms with Crippen LogP contribution in [-0.2, 0) is 9.53 Å². The first-order valence-electron chi connectivity index (χ1n) is 11.0. The van der Waals surface area contributed by atoms with Gasteiger partial charge in [0.05, 0.1) is 17.7 Å². The van der Waals surface area contributed by atoms with E-state index in [0.717, 1.165) is 43.2 Å². The Balaban J connectivity index is 1.85. The molecule has 0 spiro atoms. The monoisotopic (exact) mass is 453 g/mol. The largest absolute Gasteiger partial charge is 0.461 e. The van der Waals surface area contributed by atoms with Crippen LogP contribution < -0.4 is 10.9 Å². The van der Waals surface area contributed by atoms with E-state index < -0.39 is 5.97 Å². The number of hydrogen-bond acceptors (Lipinski definition) is 6. The predicted octanol–water partition coefficient (Wildman–Crippen LogP) is 4.76. The van der Waals surface area contributed by atoms with E-state index in [2.05, 4.69) is 10.4 Å². The fourth-order valence-corrected chi connectivity index (χ4v) is 5.04. The summed E-state index contributed by atoms with van der Waals surface area (Å²) in [7, 11) is 0. The van der Waals surface area contributed by atoms with Crippen LogP contribution in [0.2, 0.25) is 0 Å². The van der Waals surface area contributed by atoms with E-state index in [0.29, 0.717) is 16.1 Å². The molecule has 7 nitrogen and oxygen atoms in total. The Labute approximate surface area is 190 Å². The maximum absolute atomic E-state index is 13.5. The van der Waals surface area contributed by atoms with E-state index in [-0.39, 0.29) is 35.1 Å². The molecule has 1 amide bonds. The van der Waals surface area contributed by atoms with Gasteiger partial charge in [-0.1, -0.05) is 25.3 Å². The Morgan fingerprint density at radius 3 is 2.62 bits per heavy atom. The van der Waals surface area contributed by atoms with Crippen molar-refractivity contribution in [3.8, 4) is 5.69 Å². The Hall–Kier alpha value is -3.00. The molecule has 168 valence electrons. The number of carbonyl (C=O) groups excluding carboxylic acids is 2. The van der Waals surface area contributed by atoms with Gasteiger partial charge in [-0.3, -0.25) is 9.59 Å². The maximum Gasteiger partial charge on any atom is 0.359 e. The molecule has 1 N–H and O–H groups in total. The van der Waals surface area contributed by atoms with Crippen molar-refractivity contribution >= 4 is 39.0 Å². The second-order valence-corrected chi connectivity index (χ2v) is 9.11. The molecule has 32 heavy (non-hydrogen) atoms. The lowest BCUT2D eigenvalue weighted by atomic mass is 9.89. The summed E-state index contributed by atoms with van der Waals surface area (Å²) in [6, 6.07) is 5.56. The van der Waals surface area contributed by atoms with Gasteiger partial charge in [0, 0.05) is 16.7 Å². The highest BCUT2D eigenvalue weighted by atomic mass is 32.1. The molecule has 1 aromatic carbocycles. The molecule has 0 saturated heterocycles. The smallest absolute Gasteiger partial charge is 0.359 e. The standard InChI is InChI=1S/C24H27N3O4S/c1-4-31-24(30)20-18-13-32-22(25-21(28)16-8-6-5-7-9-16)19(18)23(29)27(26-20)17-11-10-14(2)15(3)12-17/h10-13,16H,4-9H2,1-3H3,(H,25,28). The van der Waals surface area contributed by atoms with Gasteiger partial charge in [-0.15, -0.1) is 11.3 Å². The minimum absolute atomic E-state index is 0.0470. The summed E-state index contributed by atoms with van der Waals surface area (Å²) < 4.78 is 6.42. The molecule has 4 rings (SSSR count). The number of fused-ring (bicyclic) bond motifs is 1. The molecule has 1 fully saturated rings. The van der Waals surface area contributed by atoms with Gasteiger partial charge in [-0.25, -0.2) is 4.79 Å². The molecule has 1 aliphatic carbocycles. The third kappa shape index (κ3) is 4.19. The lowest BCUT2D eigenvalue weighted by molar-refractivity contribution is -0.120. The van der Waals surface area contributed by atoms with E-state index in [9.17, 15) is 14.4 Å². The lowest BCUT2D eigenvalue weighted by Gasteiger charge is -2.20. The van der Waals surface area contributed by atoms with E-state index in [4.69, 9.17) is 4.74 Å². The number of nitrogens with one attached hydrogen (secondary N) is 1. The Morgan fingerprint density at radius 1 is 1.19 bits per heavy atom. The van der Waals surface area contributed by atoms with Crippen LogP contribution in [0, 0.1) is 19.8 Å². The third-order valence-electron chi connectivity index (χ3n) is 6.07. The molecular formula is C24H27N3O4S. The number of aryl methyl sites for hydroxylation is 2. The van der Waals surface area contributed by atoms with Gasteiger partial charge in [0.1, 0.15) is 5.00 Å². The first kappa shape index (κ1) is 22.2. The summed E-state index contributed by atoms with van der Waals surface area (Å²) in [4.78, 5) is 39.0. The van der Waals surface area contributed by atoms with Crippen molar-refractivity contribution in [2.45, 2.75) is 52.9 Å². The molecule has 2 heterocycles. The second-order valence-electron chi connectivity index (χ2n) is 8.23. The first-order chi connectivity index (χ1) is 15.4. The van der Waals surface area contributed by atoms with Gasteiger partial charge >= 0.3 is 5.97 Å². The number of amides is 1. The van der Waals surface area contributed by atoms with Crippen LogP contribution in [-0.4, -0.2) is 28.3 Å². The van der Waals surface area contributed by atoms with Crippen LogP contribution in [0.5, 0.6) is 0 Å². The zero-order valence-corrected chi connectivity index (χ0v) is 19.4. The van der Waals surface area contributed by atoms with Crippen LogP contribution in [0.15, 0.2) is 28.4 Å². The van der Waals surface area contributed by atoms with Crippen LogP contribution in [0.4, 0.5) is 5.00 Å². The number of aromatic nitrogens is 2. The molecule has 0 bridgehead atoms. The number of benzene rings is 1. The highest BCUT2D eigenvalue weighted by Gasteiger charge is 2.26. The summed E-state index contributed by atoms with van der Waals surface area (Å²) in [5.74, 6) is -0.715. The highest BCUT2D eigenvalue weighted by Crippen LogP contribution is 2.32. The molecule has 0 unspecified atom stereocenters. The van der Waals surface area contributed by atoms with Gasteiger partial charge in [-0.2, -0.15) is 9.78 Å². The van der Waals surface area contributed by atoms with Gasteiger partial charge < -0.3 is 10.1 Å². The Bertz CT molecular complexity index is 1240. The summed E-state index contributed by atoms with van der Waals surface area (Å²) >= 11 is 1.24. The number of nitrogens with zero attached hydrogens (tertiary/aromatic N) is 2. The summed E-state index contributed by atoms with van der Waals surface area (Å²) in [5, 5.41) is 10.2. The Kier molecular flexibility index (Phi) is 6.41. The van der Waals surface area contributed by atoms with Gasteiger partial charge in [-0.05, 0) is 56.9 Å². The average molecular weight is 454 g/mol. The first-order valence-corrected chi connectivity index (χ1v) is 11.9. The van der Waals surface area contributed by atoms with E-state index >= 15 is 0 Å². The molecule has 1 saturated carbocycles. The molecule has 1 aliphatic rings. The SMILES string of the molecule is CCOC(=O)c1nn(-c2ccc(C)c(C)c2)c(=O)c2c(NC(=O)C3CCCCC3)scc12. The van der Waals surface area contributed by atoms with Gasteiger partial charge in [0.25, 0.3) is 5.56 Å². The summed E-state index contributed by atoms with van der Waals surface area (Å²) in [6.45, 7) is 5.85. The zero-order chi connectivity index (χ0) is 22.8. The quantitative estimate of drug-likeness (QED) is 0.563. The number of esters is 1. The molecule has 2 aromatic heterocycles. The van der Waals surface area contributed by atoms with Gasteiger partial charge in [0.2, 0.25) is 5.91 Å². The van der Waals surface area contributed by atoms with Crippen LogP contribution in [0.1, 0.15) is 60.6 Å². The van der Waals surface area contributed by atoms with Crippen molar-refractivity contribution in [2.75, 3.05) is 11.9 Å². The number of anilines is 1. The van der Waals surface area contributed by atoms with Crippen molar-refractivity contribution in [2.24, 2.45) is 5.92 Å². The van der Waals surface area contributed by atoms with Crippen molar-refractivity contribution in [1.29, 1.82) is 0 Å².